The van der Waals surface area contributed by atoms with Crippen molar-refractivity contribution >= 4 is 0 Å². The fourth-order valence-corrected chi connectivity index (χ4v) is 6.84. The summed E-state index contributed by atoms with van der Waals surface area (Å²) in [6.07, 6.45) is 4.68. The second-order valence-corrected chi connectivity index (χ2v) is 7.57. The summed E-state index contributed by atoms with van der Waals surface area (Å²) >= 11 is 0. The third kappa shape index (κ3) is 0.463. The molecule has 78 valence electrons. The maximum atomic E-state index is 2.63. The molecule has 5 rings (SSSR count). The van der Waals surface area contributed by atoms with Crippen LogP contribution in [-0.4, -0.2) is 0 Å². The quantitative estimate of drug-likeness (QED) is 0.546. The number of hydrogen-bond donors (Lipinski definition) is 0. The molecule has 7 atom stereocenters. The van der Waals surface area contributed by atoms with E-state index in [1.165, 1.54) is 6.42 Å². The second kappa shape index (κ2) is 1.72. The van der Waals surface area contributed by atoms with Crippen LogP contribution in [0.2, 0.25) is 0 Å². The molecular formula is C14H22. The van der Waals surface area contributed by atoms with E-state index in [1.807, 2.05) is 0 Å². The monoisotopic (exact) mass is 190 g/mol. The van der Waals surface area contributed by atoms with Gasteiger partial charge in [-0.25, -0.2) is 0 Å². The summed E-state index contributed by atoms with van der Waals surface area (Å²) in [5.74, 6) is 4.32. The molecule has 0 heteroatoms. The van der Waals surface area contributed by atoms with Crippen molar-refractivity contribution in [2.75, 3.05) is 0 Å². The van der Waals surface area contributed by atoms with Gasteiger partial charge in [0.05, 0.1) is 0 Å². The molecule has 0 spiro atoms. The summed E-state index contributed by atoms with van der Waals surface area (Å²) in [5, 5.41) is 0. The van der Waals surface area contributed by atoms with Gasteiger partial charge in [-0.05, 0) is 59.2 Å². The molecule has 5 aliphatic rings. The van der Waals surface area contributed by atoms with Crippen LogP contribution in [0.1, 0.15) is 47.0 Å². The van der Waals surface area contributed by atoms with Crippen LogP contribution in [0.15, 0.2) is 0 Å². The summed E-state index contributed by atoms with van der Waals surface area (Å²) in [5.41, 5.74) is 2.23. The highest BCUT2D eigenvalue weighted by Gasteiger charge is 2.81. The largest absolute Gasteiger partial charge is 0.0617 e. The van der Waals surface area contributed by atoms with Crippen LogP contribution in [0.4, 0.5) is 0 Å². The van der Waals surface area contributed by atoms with E-state index in [9.17, 15) is 0 Å². The Balaban J connectivity index is 1.96. The summed E-state index contributed by atoms with van der Waals surface area (Å²) in [7, 11) is 0. The minimum absolute atomic E-state index is 0.733. The Kier molecular flexibility index (Phi) is 1.01. The Morgan fingerprint density at radius 3 is 2.43 bits per heavy atom. The molecule has 0 aromatic carbocycles. The van der Waals surface area contributed by atoms with Gasteiger partial charge in [0, 0.05) is 0 Å². The fourth-order valence-electron chi connectivity index (χ4n) is 6.84. The summed E-state index contributed by atoms with van der Waals surface area (Å²) in [6, 6.07) is 0. The van der Waals surface area contributed by atoms with Crippen LogP contribution in [0.25, 0.3) is 0 Å². The lowest BCUT2D eigenvalue weighted by Crippen LogP contribution is -2.69. The van der Waals surface area contributed by atoms with Gasteiger partial charge in [-0.3, -0.25) is 0 Å². The average molecular weight is 190 g/mol. The molecule has 0 heterocycles. The molecule has 5 aliphatic carbocycles. The first-order valence-corrected chi connectivity index (χ1v) is 6.43. The van der Waals surface area contributed by atoms with Gasteiger partial charge in [-0.1, -0.05) is 27.7 Å². The van der Waals surface area contributed by atoms with Crippen molar-refractivity contribution in [3.63, 3.8) is 0 Å². The molecule has 0 radical (unpaired) electrons. The topological polar surface area (TPSA) is 0 Å². The van der Waals surface area contributed by atoms with Crippen molar-refractivity contribution in [1.82, 2.24) is 0 Å². The Labute approximate surface area is 87.5 Å². The van der Waals surface area contributed by atoms with Crippen LogP contribution < -0.4 is 0 Å². The van der Waals surface area contributed by atoms with Crippen LogP contribution in [-0.2, 0) is 0 Å². The first-order valence-electron chi connectivity index (χ1n) is 6.43. The first kappa shape index (κ1) is 8.19. The highest BCUT2D eigenvalue weighted by Crippen LogP contribution is 2.88. The van der Waals surface area contributed by atoms with Crippen molar-refractivity contribution in [2.45, 2.75) is 47.0 Å². The zero-order valence-corrected chi connectivity index (χ0v) is 9.93. The van der Waals surface area contributed by atoms with Crippen molar-refractivity contribution in [1.29, 1.82) is 0 Å². The van der Waals surface area contributed by atoms with Gasteiger partial charge in [0.1, 0.15) is 0 Å². The zero-order chi connectivity index (χ0) is 9.93. The minimum Gasteiger partial charge on any atom is -0.0617 e. The maximum absolute atomic E-state index is 2.63. The Hall–Kier alpha value is 0. The molecule has 0 aliphatic heterocycles. The zero-order valence-electron chi connectivity index (χ0n) is 9.93. The van der Waals surface area contributed by atoms with E-state index in [-0.39, 0.29) is 0 Å². The Bertz CT molecular complexity index is 333. The molecule has 0 aromatic heterocycles. The van der Waals surface area contributed by atoms with Crippen LogP contribution in [0.5, 0.6) is 0 Å². The third-order valence-corrected chi connectivity index (χ3v) is 7.77. The first-order chi connectivity index (χ1) is 6.43. The van der Waals surface area contributed by atoms with E-state index in [0.717, 1.165) is 39.9 Å². The number of rotatable bonds is 0. The summed E-state index contributed by atoms with van der Waals surface area (Å²) in [4.78, 5) is 0. The molecule has 5 fully saturated rings. The lowest BCUT2D eigenvalue weighted by Gasteiger charge is -2.76. The second-order valence-electron chi connectivity index (χ2n) is 7.57. The van der Waals surface area contributed by atoms with Gasteiger partial charge in [0.15, 0.2) is 0 Å². The Morgan fingerprint density at radius 1 is 1.00 bits per heavy atom. The smallest absolute Gasteiger partial charge is 0.0209 e. The van der Waals surface area contributed by atoms with Crippen molar-refractivity contribution < 1.29 is 0 Å². The SMILES string of the molecule is CC1C2CC3C4CC(C)(CC13C)C24C. The van der Waals surface area contributed by atoms with Crippen LogP contribution in [0, 0.1) is 39.9 Å². The predicted octanol–water partition coefficient (Wildman–Crippen LogP) is 3.71. The van der Waals surface area contributed by atoms with Crippen LogP contribution in [0.3, 0.4) is 0 Å². The standard InChI is InChI=1S/C14H22/c1-8-9-5-10-11-6-12(2,14(9,11)4)7-13(8,10)3/h8-11H,5-7H2,1-4H3. The van der Waals surface area contributed by atoms with Crippen molar-refractivity contribution in [2.24, 2.45) is 39.9 Å². The summed E-state index contributed by atoms with van der Waals surface area (Å²) < 4.78 is 0. The molecule has 14 heavy (non-hydrogen) atoms. The van der Waals surface area contributed by atoms with Gasteiger partial charge < -0.3 is 0 Å². The minimum atomic E-state index is 0.733. The van der Waals surface area contributed by atoms with Gasteiger partial charge in [0.2, 0.25) is 0 Å². The highest BCUT2D eigenvalue weighted by atomic mass is 14.9. The fraction of sp³-hybridized carbons (Fsp3) is 1.00. The summed E-state index contributed by atoms with van der Waals surface area (Å²) in [6.45, 7) is 10.4. The van der Waals surface area contributed by atoms with Gasteiger partial charge >= 0.3 is 0 Å². The van der Waals surface area contributed by atoms with Gasteiger partial charge in [-0.15, -0.1) is 0 Å². The molecule has 5 bridgehead atoms. The van der Waals surface area contributed by atoms with Crippen molar-refractivity contribution in [3.8, 4) is 0 Å². The molecule has 5 saturated carbocycles. The van der Waals surface area contributed by atoms with E-state index in [2.05, 4.69) is 27.7 Å². The highest BCUT2D eigenvalue weighted by molar-refractivity contribution is 5.30. The molecule has 0 nitrogen and oxygen atoms in total. The van der Waals surface area contributed by atoms with E-state index < -0.39 is 0 Å². The predicted molar refractivity (Wildman–Crippen MR) is 57.8 cm³/mol. The van der Waals surface area contributed by atoms with Crippen molar-refractivity contribution in [3.05, 3.63) is 0 Å². The normalized spacial score (nSPS) is 78.0. The molecule has 0 amide bonds. The molecule has 0 saturated heterocycles. The molecule has 7 unspecified atom stereocenters. The van der Waals surface area contributed by atoms with Crippen LogP contribution >= 0.6 is 0 Å². The number of hydrogen-bond acceptors (Lipinski definition) is 0. The van der Waals surface area contributed by atoms with E-state index >= 15 is 0 Å². The molecule has 0 N–H and O–H groups in total. The van der Waals surface area contributed by atoms with Gasteiger partial charge in [0.25, 0.3) is 0 Å². The van der Waals surface area contributed by atoms with E-state index in [4.69, 9.17) is 0 Å². The molecular weight excluding hydrogens is 168 g/mol. The lowest BCUT2D eigenvalue weighted by atomic mass is 9.29. The van der Waals surface area contributed by atoms with Gasteiger partial charge in [-0.2, -0.15) is 0 Å². The lowest BCUT2D eigenvalue weighted by molar-refractivity contribution is -0.276. The average Bonchev–Trinajstić information content (AvgIpc) is 2.48. The molecule has 0 aromatic rings. The van der Waals surface area contributed by atoms with E-state index in [1.54, 1.807) is 12.8 Å². The van der Waals surface area contributed by atoms with E-state index in [0.29, 0.717) is 0 Å². The third-order valence-electron chi connectivity index (χ3n) is 7.77. The Morgan fingerprint density at radius 2 is 1.71 bits per heavy atom. The maximum Gasteiger partial charge on any atom is -0.0209 e.